The molecule has 5 heteroatoms. The molecule has 146 valence electrons. The molecule has 1 N–H and O–H groups in total. The molecule has 0 aliphatic carbocycles. The van der Waals surface area contributed by atoms with Gasteiger partial charge < -0.3 is 14.6 Å². The molecular formula is C22H28FNO3. The van der Waals surface area contributed by atoms with Crippen LogP contribution in [0.2, 0.25) is 0 Å². The fourth-order valence-electron chi connectivity index (χ4n) is 3.42. The smallest absolute Gasteiger partial charge is 0.123 e. The van der Waals surface area contributed by atoms with Gasteiger partial charge in [-0.25, -0.2) is 4.39 Å². The van der Waals surface area contributed by atoms with E-state index in [0.717, 1.165) is 42.9 Å². The maximum Gasteiger partial charge on any atom is 0.123 e. The van der Waals surface area contributed by atoms with Crippen molar-refractivity contribution in [3.05, 3.63) is 65.5 Å². The van der Waals surface area contributed by atoms with E-state index >= 15 is 0 Å². The first-order valence-electron chi connectivity index (χ1n) is 9.54. The highest BCUT2D eigenvalue weighted by atomic mass is 19.1. The third-order valence-electron chi connectivity index (χ3n) is 4.68. The molecule has 0 radical (unpaired) electrons. The lowest BCUT2D eigenvalue weighted by Gasteiger charge is -2.27. The minimum absolute atomic E-state index is 0.170. The molecule has 0 saturated carbocycles. The van der Waals surface area contributed by atoms with Gasteiger partial charge in [0.25, 0.3) is 0 Å². The first kappa shape index (κ1) is 19.8. The van der Waals surface area contributed by atoms with Gasteiger partial charge in [-0.2, -0.15) is 0 Å². The molecule has 27 heavy (non-hydrogen) atoms. The van der Waals surface area contributed by atoms with E-state index in [1.807, 2.05) is 37.3 Å². The van der Waals surface area contributed by atoms with Crippen molar-refractivity contribution in [1.29, 1.82) is 0 Å². The maximum absolute atomic E-state index is 13.5. The highest BCUT2D eigenvalue weighted by Gasteiger charge is 2.21. The molecule has 1 aliphatic rings. The molecular weight excluding hydrogens is 345 g/mol. The molecule has 0 spiro atoms. The fourth-order valence-corrected chi connectivity index (χ4v) is 3.42. The van der Waals surface area contributed by atoms with Crippen LogP contribution in [0.5, 0.6) is 5.75 Å². The molecule has 2 atom stereocenters. The second kappa shape index (κ2) is 9.83. The van der Waals surface area contributed by atoms with Gasteiger partial charge in [-0.3, -0.25) is 4.90 Å². The van der Waals surface area contributed by atoms with Crippen molar-refractivity contribution in [1.82, 2.24) is 4.90 Å². The summed E-state index contributed by atoms with van der Waals surface area (Å²) in [6.07, 6.45) is 1.62. The van der Waals surface area contributed by atoms with E-state index in [1.165, 1.54) is 12.1 Å². The van der Waals surface area contributed by atoms with E-state index in [9.17, 15) is 9.50 Å². The normalized spacial score (nSPS) is 18.0. The van der Waals surface area contributed by atoms with Crippen molar-refractivity contribution in [2.45, 2.75) is 38.5 Å². The number of rotatable bonds is 9. The molecule has 1 aliphatic heterocycles. The van der Waals surface area contributed by atoms with E-state index < -0.39 is 6.10 Å². The average Bonchev–Trinajstić information content (AvgIpc) is 3.13. The summed E-state index contributed by atoms with van der Waals surface area (Å²) < 4.78 is 25.0. The van der Waals surface area contributed by atoms with Crippen LogP contribution < -0.4 is 4.74 Å². The third kappa shape index (κ3) is 6.61. The lowest BCUT2D eigenvalue weighted by molar-refractivity contribution is 0.0313. The molecule has 1 fully saturated rings. The van der Waals surface area contributed by atoms with E-state index in [-0.39, 0.29) is 18.5 Å². The minimum Gasteiger partial charge on any atom is -0.491 e. The van der Waals surface area contributed by atoms with E-state index in [2.05, 4.69) is 4.90 Å². The van der Waals surface area contributed by atoms with Crippen LogP contribution in [0, 0.1) is 12.7 Å². The Bertz CT molecular complexity index is 718. The van der Waals surface area contributed by atoms with Crippen LogP contribution in [0.25, 0.3) is 0 Å². The van der Waals surface area contributed by atoms with Gasteiger partial charge in [-0.05, 0) is 55.2 Å². The largest absolute Gasteiger partial charge is 0.491 e. The first-order valence-corrected chi connectivity index (χ1v) is 9.54. The number of aliphatic hydroxyl groups excluding tert-OH is 1. The number of aryl methyl sites for hydroxylation is 1. The average molecular weight is 373 g/mol. The summed E-state index contributed by atoms with van der Waals surface area (Å²) >= 11 is 0. The number of hydrogen-bond acceptors (Lipinski definition) is 4. The monoisotopic (exact) mass is 373 g/mol. The number of aliphatic hydroxyl groups is 1. The highest BCUT2D eigenvalue weighted by Crippen LogP contribution is 2.17. The van der Waals surface area contributed by atoms with Crippen molar-refractivity contribution in [3.63, 3.8) is 0 Å². The standard InChI is InChI=1S/C22H28FNO3/c1-17-5-2-8-21(11-17)27-16-20(25)14-24(15-22-9-4-10-26-22)13-18-6-3-7-19(23)12-18/h2-3,5-8,11-12,20,22,25H,4,9-10,13-16H2,1H3. The van der Waals surface area contributed by atoms with Crippen molar-refractivity contribution < 1.29 is 19.0 Å². The van der Waals surface area contributed by atoms with Crippen LogP contribution in [0.15, 0.2) is 48.5 Å². The summed E-state index contributed by atoms with van der Waals surface area (Å²) in [6, 6.07) is 14.4. The summed E-state index contributed by atoms with van der Waals surface area (Å²) in [5, 5.41) is 10.5. The van der Waals surface area contributed by atoms with Crippen LogP contribution in [0.1, 0.15) is 24.0 Å². The van der Waals surface area contributed by atoms with Crippen molar-refractivity contribution in [2.75, 3.05) is 26.3 Å². The van der Waals surface area contributed by atoms with Gasteiger partial charge in [0.05, 0.1) is 6.10 Å². The van der Waals surface area contributed by atoms with Crippen LogP contribution in [0.3, 0.4) is 0 Å². The zero-order valence-corrected chi connectivity index (χ0v) is 15.8. The molecule has 2 aromatic rings. The second-order valence-corrected chi connectivity index (χ2v) is 7.24. The summed E-state index contributed by atoms with van der Waals surface area (Å²) in [4.78, 5) is 2.12. The third-order valence-corrected chi connectivity index (χ3v) is 4.68. The van der Waals surface area contributed by atoms with Gasteiger partial charge in [0.2, 0.25) is 0 Å². The number of hydrogen-bond donors (Lipinski definition) is 1. The zero-order chi connectivity index (χ0) is 19.1. The zero-order valence-electron chi connectivity index (χ0n) is 15.8. The Hall–Kier alpha value is -1.95. The number of halogens is 1. The van der Waals surface area contributed by atoms with E-state index in [0.29, 0.717) is 13.1 Å². The van der Waals surface area contributed by atoms with E-state index in [4.69, 9.17) is 9.47 Å². The summed E-state index contributed by atoms with van der Waals surface area (Å²) in [6.45, 7) is 4.75. The van der Waals surface area contributed by atoms with Crippen molar-refractivity contribution in [3.8, 4) is 5.75 Å². The lowest BCUT2D eigenvalue weighted by Crippen LogP contribution is -2.39. The molecule has 4 nitrogen and oxygen atoms in total. The van der Waals surface area contributed by atoms with Crippen molar-refractivity contribution in [2.24, 2.45) is 0 Å². The molecule has 1 heterocycles. The van der Waals surface area contributed by atoms with Crippen LogP contribution in [-0.4, -0.2) is 48.5 Å². The van der Waals surface area contributed by atoms with Crippen LogP contribution in [-0.2, 0) is 11.3 Å². The van der Waals surface area contributed by atoms with Crippen LogP contribution in [0.4, 0.5) is 4.39 Å². The summed E-state index contributed by atoms with van der Waals surface area (Å²) in [5.74, 6) is 0.512. The molecule has 3 rings (SSSR count). The Morgan fingerprint density at radius 3 is 2.85 bits per heavy atom. The van der Waals surface area contributed by atoms with Gasteiger partial charge in [-0.15, -0.1) is 0 Å². The first-order chi connectivity index (χ1) is 13.1. The number of nitrogens with zero attached hydrogens (tertiary/aromatic N) is 1. The van der Waals surface area contributed by atoms with Crippen LogP contribution >= 0.6 is 0 Å². The SMILES string of the molecule is Cc1cccc(OCC(O)CN(Cc2cccc(F)c2)CC2CCCO2)c1. The molecule has 0 aromatic heterocycles. The maximum atomic E-state index is 13.5. The number of benzene rings is 2. The Labute approximate surface area is 160 Å². The molecule has 0 amide bonds. The van der Waals surface area contributed by atoms with Gasteiger partial charge >= 0.3 is 0 Å². The lowest BCUT2D eigenvalue weighted by atomic mass is 10.1. The topological polar surface area (TPSA) is 41.9 Å². The van der Waals surface area contributed by atoms with Gasteiger partial charge in [0.15, 0.2) is 0 Å². The van der Waals surface area contributed by atoms with Gasteiger partial charge in [0.1, 0.15) is 24.3 Å². The van der Waals surface area contributed by atoms with Gasteiger partial charge in [-0.1, -0.05) is 24.3 Å². The Balaban J connectivity index is 1.57. The molecule has 0 bridgehead atoms. The summed E-state index contributed by atoms with van der Waals surface area (Å²) in [7, 11) is 0. The molecule has 2 unspecified atom stereocenters. The molecule has 1 saturated heterocycles. The Kier molecular flexibility index (Phi) is 7.21. The quantitative estimate of drug-likeness (QED) is 0.730. The predicted octanol–water partition coefficient (Wildman–Crippen LogP) is 3.56. The van der Waals surface area contributed by atoms with E-state index in [1.54, 1.807) is 6.07 Å². The summed E-state index contributed by atoms with van der Waals surface area (Å²) in [5.41, 5.74) is 2.01. The number of ether oxygens (including phenoxy) is 2. The predicted molar refractivity (Wildman–Crippen MR) is 103 cm³/mol. The minimum atomic E-state index is -0.638. The second-order valence-electron chi connectivity index (χ2n) is 7.24. The van der Waals surface area contributed by atoms with Gasteiger partial charge in [0, 0.05) is 26.2 Å². The highest BCUT2D eigenvalue weighted by molar-refractivity contribution is 5.27. The Morgan fingerprint density at radius 2 is 2.11 bits per heavy atom. The fraction of sp³-hybridized carbons (Fsp3) is 0.455. The Morgan fingerprint density at radius 1 is 1.26 bits per heavy atom. The molecule has 2 aromatic carbocycles. The van der Waals surface area contributed by atoms with Crippen molar-refractivity contribution >= 4 is 0 Å².